The maximum atomic E-state index is 12.6. The van der Waals surface area contributed by atoms with Gasteiger partial charge in [0.25, 0.3) is 5.91 Å². The molecule has 1 amide bonds. The summed E-state index contributed by atoms with van der Waals surface area (Å²) in [7, 11) is 5.69. The average Bonchev–Trinajstić information content (AvgIpc) is 2.65. The molecule has 0 heterocycles. The molecule has 132 valence electrons. The van der Waals surface area contributed by atoms with Gasteiger partial charge in [-0.3, -0.25) is 4.79 Å². The number of methoxy groups -OCH3 is 4. The molecule has 0 radical (unpaired) electrons. The monoisotopic (exact) mass is 345 g/mol. The van der Waals surface area contributed by atoms with Gasteiger partial charge in [-0.25, -0.2) is 4.79 Å². The van der Waals surface area contributed by atoms with E-state index >= 15 is 0 Å². The van der Waals surface area contributed by atoms with Gasteiger partial charge in [0.1, 0.15) is 0 Å². The van der Waals surface area contributed by atoms with Gasteiger partial charge in [-0.1, -0.05) is 6.07 Å². The Morgan fingerprint density at radius 1 is 0.880 bits per heavy atom. The Bertz CT molecular complexity index is 787. The van der Waals surface area contributed by atoms with E-state index in [9.17, 15) is 9.59 Å². The molecular formula is C18H19NO6. The van der Waals surface area contributed by atoms with Crippen LogP contribution in [-0.4, -0.2) is 40.3 Å². The van der Waals surface area contributed by atoms with Crippen molar-refractivity contribution in [1.29, 1.82) is 0 Å². The smallest absolute Gasteiger partial charge is 0.337 e. The van der Waals surface area contributed by atoms with E-state index in [1.54, 1.807) is 30.3 Å². The highest BCUT2D eigenvalue weighted by atomic mass is 16.5. The van der Waals surface area contributed by atoms with Gasteiger partial charge in [0.15, 0.2) is 11.5 Å². The molecule has 0 unspecified atom stereocenters. The highest BCUT2D eigenvalue weighted by Gasteiger charge is 2.21. The van der Waals surface area contributed by atoms with Gasteiger partial charge in [-0.2, -0.15) is 0 Å². The number of esters is 1. The molecule has 0 aromatic heterocycles. The molecular weight excluding hydrogens is 326 g/mol. The number of rotatable bonds is 6. The number of anilines is 1. The number of benzene rings is 2. The Hall–Kier alpha value is -3.22. The summed E-state index contributed by atoms with van der Waals surface area (Å²) in [4.78, 5) is 24.2. The SMILES string of the molecule is COC(=O)c1cccc(NC(=O)c2ccc(OC)c(OC)c2OC)c1. The maximum Gasteiger partial charge on any atom is 0.337 e. The van der Waals surface area contributed by atoms with Gasteiger partial charge in [0, 0.05) is 5.69 Å². The number of hydrogen-bond acceptors (Lipinski definition) is 6. The van der Waals surface area contributed by atoms with E-state index in [1.165, 1.54) is 34.5 Å². The summed E-state index contributed by atoms with van der Waals surface area (Å²) < 4.78 is 20.5. The van der Waals surface area contributed by atoms with Crippen molar-refractivity contribution in [3.05, 3.63) is 47.5 Å². The number of amides is 1. The van der Waals surface area contributed by atoms with Crippen molar-refractivity contribution < 1.29 is 28.5 Å². The van der Waals surface area contributed by atoms with E-state index in [-0.39, 0.29) is 11.3 Å². The van der Waals surface area contributed by atoms with Crippen molar-refractivity contribution in [3.63, 3.8) is 0 Å². The molecule has 1 N–H and O–H groups in total. The first kappa shape index (κ1) is 18.1. The minimum atomic E-state index is -0.486. The molecule has 0 atom stereocenters. The number of ether oxygens (including phenoxy) is 4. The molecule has 0 aliphatic rings. The summed E-state index contributed by atoms with van der Waals surface area (Å²) in [6, 6.07) is 9.61. The lowest BCUT2D eigenvalue weighted by Gasteiger charge is -2.15. The van der Waals surface area contributed by atoms with E-state index < -0.39 is 11.9 Å². The highest BCUT2D eigenvalue weighted by Crippen LogP contribution is 2.39. The van der Waals surface area contributed by atoms with E-state index in [1.807, 2.05) is 0 Å². The normalized spacial score (nSPS) is 9.92. The van der Waals surface area contributed by atoms with E-state index in [0.717, 1.165) is 0 Å². The zero-order valence-electron chi connectivity index (χ0n) is 14.4. The second-order valence-corrected chi connectivity index (χ2v) is 4.91. The molecule has 0 spiro atoms. The van der Waals surface area contributed by atoms with Crippen molar-refractivity contribution in [2.24, 2.45) is 0 Å². The Labute approximate surface area is 145 Å². The first-order valence-electron chi connectivity index (χ1n) is 7.34. The van der Waals surface area contributed by atoms with Crippen LogP contribution in [0.2, 0.25) is 0 Å². The van der Waals surface area contributed by atoms with Crippen LogP contribution in [0.25, 0.3) is 0 Å². The summed E-state index contributed by atoms with van der Waals surface area (Å²) in [6.45, 7) is 0. The quantitative estimate of drug-likeness (QED) is 0.811. The predicted octanol–water partition coefficient (Wildman–Crippen LogP) is 2.75. The average molecular weight is 345 g/mol. The molecule has 0 fully saturated rings. The fourth-order valence-corrected chi connectivity index (χ4v) is 2.32. The van der Waals surface area contributed by atoms with Crippen LogP contribution in [0, 0.1) is 0 Å². The summed E-state index contributed by atoms with van der Waals surface area (Å²) in [5, 5.41) is 2.72. The maximum absolute atomic E-state index is 12.6. The molecule has 0 saturated heterocycles. The molecule has 0 saturated carbocycles. The Kier molecular flexibility index (Phi) is 5.84. The van der Waals surface area contributed by atoms with Crippen molar-refractivity contribution in [2.45, 2.75) is 0 Å². The van der Waals surface area contributed by atoms with Gasteiger partial charge in [-0.05, 0) is 30.3 Å². The van der Waals surface area contributed by atoms with Crippen LogP contribution in [0.3, 0.4) is 0 Å². The van der Waals surface area contributed by atoms with Crippen LogP contribution < -0.4 is 19.5 Å². The van der Waals surface area contributed by atoms with Crippen molar-refractivity contribution in [3.8, 4) is 17.2 Å². The zero-order valence-corrected chi connectivity index (χ0v) is 14.4. The van der Waals surface area contributed by atoms with Crippen molar-refractivity contribution >= 4 is 17.6 Å². The van der Waals surface area contributed by atoms with Gasteiger partial charge in [-0.15, -0.1) is 0 Å². The second kappa shape index (κ2) is 8.05. The molecule has 2 rings (SSSR count). The Balaban J connectivity index is 2.34. The summed E-state index contributed by atoms with van der Waals surface area (Å²) in [5.41, 5.74) is 1.05. The largest absolute Gasteiger partial charge is 0.493 e. The number of hydrogen-bond donors (Lipinski definition) is 1. The van der Waals surface area contributed by atoms with E-state index in [2.05, 4.69) is 10.1 Å². The number of nitrogens with one attached hydrogen (secondary N) is 1. The summed E-state index contributed by atoms with van der Waals surface area (Å²) in [5.74, 6) is 0.118. The van der Waals surface area contributed by atoms with Crippen LogP contribution in [0.15, 0.2) is 36.4 Å². The number of carbonyl (C=O) groups is 2. The van der Waals surface area contributed by atoms with Gasteiger partial charge in [0.2, 0.25) is 5.75 Å². The molecule has 0 aliphatic heterocycles. The molecule has 0 bridgehead atoms. The summed E-state index contributed by atoms with van der Waals surface area (Å²) in [6.07, 6.45) is 0. The second-order valence-electron chi connectivity index (χ2n) is 4.91. The standard InChI is InChI=1S/C18H19NO6/c1-22-14-9-8-13(15(23-2)16(14)24-3)17(20)19-12-7-5-6-11(10-12)18(21)25-4/h5-10H,1-4H3,(H,19,20). The molecule has 0 aliphatic carbocycles. The predicted molar refractivity (Wildman–Crippen MR) is 91.8 cm³/mol. The molecule has 2 aromatic carbocycles. The molecule has 25 heavy (non-hydrogen) atoms. The third-order valence-corrected chi connectivity index (χ3v) is 3.49. The first-order valence-corrected chi connectivity index (χ1v) is 7.34. The van der Waals surface area contributed by atoms with Crippen molar-refractivity contribution in [1.82, 2.24) is 0 Å². The minimum Gasteiger partial charge on any atom is -0.493 e. The fourth-order valence-electron chi connectivity index (χ4n) is 2.32. The Morgan fingerprint density at radius 3 is 2.20 bits per heavy atom. The molecule has 7 heteroatoms. The fraction of sp³-hybridized carbons (Fsp3) is 0.222. The van der Waals surface area contributed by atoms with E-state index in [4.69, 9.17) is 14.2 Å². The van der Waals surface area contributed by atoms with Gasteiger partial charge < -0.3 is 24.3 Å². The lowest BCUT2D eigenvalue weighted by atomic mass is 10.1. The topological polar surface area (TPSA) is 83.1 Å². The minimum absolute atomic E-state index is 0.253. The van der Waals surface area contributed by atoms with E-state index in [0.29, 0.717) is 22.7 Å². The van der Waals surface area contributed by atoms with Crippen LogP contribution in [-0.2, 0) is 4.74 Å². The van der Waals surface area contributed by atoms with Crippen LogP contribution in [0.5, 0.6) is 17.2 Å². The molecule has 7 nitrogen and oxygen atoms in total. The first-order chi connectivity index (χ1) is 12.0. The van der Waals surface area contributed by atoms with Crippen LogP contribution in [0.1, 0.15) is 20.7 Å². The van der Waals surface area contributed by atoms with Gasteiger partial charge in [0.05, 0.1) is 39.6 Å². The zero-order chi connectivity index (χ0) is 18.4. The molecule has 2 aromatic rings. The lowest BCUT2D eigenvalue weighted by Crippen LogP contribution is -2.14. The number of carbonyl (C=O) groups excluding carboxylic acids is 2. The third-order valence-electron chi connectivity index (χ3n) is 3.49. The van der Waals surface area contributed by atoms with Crippen LogP contribution in [0.4, 0.5) is 5.69 Å². The highest BCUT2D eigenvalue weighted by molar-refractivity contribution is 6.07. The lowest BCUT2D eigenvalue weighted by molar-refractivity contribution is 0.0600. The Morgan fingerprint density at radius 2 is 1.60 bits per heavy atom. The van der Waals surface area contributed by atoms with Gasteiger partial charge >= 0.3 is 5.97 Å². The van der Waals surface area contributed by atoms with Crippen LogP contribution >= 0.6 is 0 Å². The third kappa shape index (κ3) is 3.82. The van der Waals surface area contributed by atoms with Crippen molar-refractivity contribution in [2.75, 3.05) is 33.8 Å². The summed E-state index contributed by atoms with van der Waals surface area (Å²) >= 11 is 0.